The summed E-state index contributed by atoms with van der Waals surface area (Å²) in [6, 6.07) is 12.7. The molecule has 0 saturated heterocycles. The molecule has 108 valence electrons. The van der Waals surface area contributed by atoms with Gasteiger partial charge in [0.05, 0.1) is 27.0 Å². The van der Waals surface area contributed by atoms with E-state index in [4.69, 9.17) is 34.8 Å². The topological polar surface area (TPSA) is 29.1 Å². The highest BCUT2D eigenvalue weighted by molar-refractivity contribution is 6.43. The van der Waals surface area contributed by atoms with Gasteiger partial charge in [0, 0.05) is 0 Å². The zero-order valence-corrected chi connectivity index (χ0v) is 13.2. The number of rotatable bonds is 2. The Kier molecular flexibility index (Phi) is 4.12. The molecule has 5 heteroatoms. The van der Waals surface area contributed by atoms with Gasteiger partial charge in [-0.15, -0.1) is 11.6 Å². The van der Waals surface area contributed by atoms with Crippen LogP contribution in [-0.2, 0) is 6.42 Å². The van der Waals surface area contributed by atoms with Crippen LogP contribution in [0.3, 0.4) is 0 Å². The number of halogens is 3. The molecule has 0 radical (unpaired) electrons. The monoisotopic (exact) mass is 339 g/mol. The minimum atomic E-state index is -0.269. The fraction of sp³-hybridized carbons (Fsp3) is 0.188. The SMILES string of the molecule is O=C(NC1c2ccccc2CC1Cl)c1cccc(Cl)c1Cl. The zero-order chi connectivity index (χ0) is 15.0. The molecule has 1 aliphatic rings. The van der Waals surface area contributed by atoms with Crippen molar-refractivity contribution >= 4 is 40.7 Å². The molecule has 1 amide bonds. The van der Waals surface area contributed by atoms with Crippen LogP contribution in [0.25, 0.3) is 0 Å². The molecule has 1 aliphatic carbocycles. The van der Waals surface area contributed by atoms with E-state index in [2.05, 4.69) is 5.32 Å². The predicted molar refractivity (Wildman–Crippen MR) is 86.5 cm³/mol. The number of hydrogen-bond donors (Lipinski definition) is 1. The van der Waals surface area contributed by atoms with Gasteiger partial charge in [0.25, 0.3) is 5.91 Å². The highest BCUT2D eigenvalue weighted by Crippen LogP contribution is 2.35. The molecule has 0 aromatic heterocycles. The summed E-state index contributed by atoms with van der Waals surface area (Å²) >= 11 is 18.4. The first kappa shape index (κ1) is 14.7. The molecule has 0 spiro atoms. The number of fused-ring (bicyclic) bond motifs is 1. The molecule has 2 aromatic rings. The van der Waals surface area contributed by atoms with E-state index in [0.29, 0.717) is 10.6 Å². The molecule has 0 fully saturated rings. The maximum absolute atomic E-state index is 12.4. The summed E-state index contributed by atoms with van der Waals surface area (Å²) in [7, 11) is 0. The maximum atomic E-state index is 12.4. The van der Waals surface area contributed by atoms with Crippen LogP contribution in [0.4, 0.5) is 0 Å². The van der Waals surface area contributed by atoms with Gasteiger partial charge < -0.3 is 5.32 Å². The van der Waals surface area contributed by atoms with Crippen molar-refractivity contribution in [3.63, 3.8) is 0 Å². The zero-order valence-electron chi connectivity index (χ0n) is 10.9. The van der Waals surface area contributed by atoms with E-state index < -0.39 is 0 Å². The molecule has 2 atom stereocenters. The number of carbonyl (C=O) groups is 1. The van der Waals surface area contributed by atoms with Crippen LogP contribution in [0.2, 0.25) is 10.0 Å². The van der Waals surface area contributed by atoms with Crippen molar-refractivity contribution in [2.45, 2.75) is 17.8 Å². The minimum absolute atomic E-state index is 0.163. The third-order valence-corrected chi connectivity index (χ3v) is 4.87. The van der Waals surface area contributed by atoms with E-state index in [0.717, 1.165) is 12.0 Å². The van der Waals surface area contributed by atoms with Gasteiger partial charge in [-0.2, -0.15) is 0 Å². The Morgan fingerprint density at radius 1 is 1.10 bits per heavy atom. The van der Waals surface area contributed by atoms with Crippen molar-refractivity contribution < 1.29 is 4.79 Å². The van der Waals surface area contributed by atoms with Crippen molar-refractivity contribution in [1.82, 2.24) is 5.32 Å². The highest BCUT2D eigenvalue weighted by atomic mass is 35.5. The third kappa shape index (κ3) is 2.76. The number of carbonyl (C=O) groups excluding carboxylic acids is 1. The quantitative estimate of drug-likeness (QED) is 0.794. The Hall–Kier alpha value is -1.22. The summed E-state index contributed by atoms with van der Waals surface area (Å²) in [4.78, 5) is 12.4. The van der Waals surface area contributed by atoms with Crippen LogP contribution >= 0.6 is 34.8 Å². The number of nitrogens with one attached hydrogen (secondary N) is 1. The first-order valence-electron chi connectivity index (χ1n) is 6.54. The van der Waals surface area contributed by atoms with Crippen LogP contribution in [0.5, 0.6) is 0 Å². The number of amides is 1. The van der Waals surface area contributed by atoms with Gasteiger partial charge in [-0.25, -0.2) is 0 Å². The van der Waals surface area contributed by atoms with E-state index >= 15 is 0 Å². The van der Waals surface area contributed by atoms with Gasteiger partial charge in [-0.1, -0.05) is 53.5 Å². The number of alkyl halides is 1. The first-order chi connectivity index (χ1) is 10.1. The second-order valence-corrected chi connectivity index (χ2v) is 6.32. The Morgan fingerprint density at radius 2 is 1.86 bits per heavy atom. The Morgan fingerprint density at radius 3 is 2.67 bits per heavy atom. The van der Waals surface area contributed by atoms with E-state index in [-0.39, 0.29) is 22.3 Å². The lowest BCUT2D eigenvalue weighted by molar-refractivity contribution is 0.0937. The molecule has 2 unspecified atom stereocenters. The van der Waals surface area contributed by atoms with Gasteiger partial charge in [0.2, 0.25) is 0 Å². The van der Waals surface area contributed by atoms with Gasteiger partial charge in [0.1, 0.15) is 0 Å². The molecule has 21 heavy (non-hydrogen) atoms. The second-order valence-electron chi connectivity index (χ2n) is 4.97. The Bertz CT molecular complexity index is 702. The molecule has 0 saturated carbocycles. The smallest absolute Gasteiger partial charge is 0.253 e. The molecular weight excluding hydrogens is 329 g/mol. The molecule has 0 aliphatic heterocycles. The van der Waals surface area contributed by atoms with E-state index in [1.807, 2.05) is 24.3 Å². The lowest BCUT2D eigenvalue weighted by Crippen LogP contribution is -2.32. The summed E-state index contributed by atoms with van der Waals surface area (Å²) in [5.41, 5.74) is 2.58. The normalized spacial score (nSPS) is 20.1. The predicted octanol–water partition coefficient (Wildman–Crippen LogP) is 4.63. The van der Waals surface area contributed by atoms with Gasteiger partial charge in [0.15, 0.2) is 0 Å². The molecule has 2 aromatic carbocycles. The minimum Gasteiger partial charge on any atom is -0.344 e. The average molecular weight is 341 g/mol. The van der Waals surface area contributed by atoms with E-state index in [1.54, 1.807) is 18.2 Å². The van der Waals surface area contributed by atoms with Crippen molar-refractivity contribution in [1.29, 1.82) is 0 Å². The van der Waals surface area contributed by atoms with Crippen molar-refractivity contribution in [3.05, 3.63) is 69.2 Å². The summed E-state index contributed by atoms with van der Waals surface area (Å²) in [5.74, 6) is -0.269. The van der Waals surface area contributed by atoms with Crippen LogP contribution in [-0.4, -0.2) is 11.3 Å². The molecule has 0 bridgehead atoms. The van der Waals surface area contributed by atoms with Gasteiger partial charge in [-0.05, 0) is 29.7 Å². The van der Waals surface area contributed by atoms with Crippen LogP contribution in [0.1, 0.15) is 27.5 Å². The lowest BCUT2D eigenvalue weighted by atomic mass is 10.1. The van der Waals surface area contributed by atoms with Crippen LogP contribution in [0.15, 0.2) is 42.5 Å². The molecule has 1 N–H and O–H groups in total. The Balaban J connectivity index is 1.87. The summed E-state index contributed by atoms with van der Waals surface area (Å²) in [6.07, 6.45) is 0.742. The fourth-order valence-corrected chi connectivity index (χ4v) is 3.36. The number of benzene rings is 2. The highest BCUT2D eigenvalue weighted by Gasteiger charge is 2.32. The number of hydrogen-bond acceptors (Lipinski definition) is 1. The van der Waals surface area contributed by atoms with Crippen molar-refractivity contribution in [2.24, 2.45) is 0 Å². The molecular formula is C16H12Cl3NO. The fourth-order valence-electron chi connectivity index (χ4n) is 2.61. The largest absolute Gasteiger partial charge is 0.344 e. The van der Waals surface area contributed by atoms with Crippen molar-refractivity contribution in [2.75, 3.05) is 0 Å². The maximum Gasteiger partial charge on any atom is 0.253 e. The van der Waals surface area contributed by atoms with E-state index in [1.165, 1.54) is 5.56 Å². The van der Waals surface area contributed by atoms with Gasteiger partial charge in [-0.3, -0.25) is 4.79 Å². The Labute approximate surface area is 138 Å². The molecule has 2 nitrogen and oxygen atoms in total. The van der Waals surface area contributed by atoms with Crippen LogP contribution < -0.4 is 5.32 Å². The summed E-state index contributed by atoms with van der Waals surface area (Å²) < 4.78 is 0. The lowest BCUT2D eigenvalue weighted by Gasteiger charge is -2.18. The van der Waals surface area contributed by atoms with Crippen molar-refractivity contribution in [3.8, 4) is 0 Å². The third-order valence-electron chi connectivity index (χ3n) is 3.65. The molecule has 0 heterocycles. The van der Waals surface area contributed by atoms with Crippen LogP contribution in [0, 0.1) is 0 Å². The van der Waals surface area contributed by atoms with E-state index in [9.17, 15) is 4.79 Å². The summed E-state index contributed by atoms with van der Waals surface area (Å²) in [5, 5.41) is 3.41. The van der Waals surface area contributed by atoms with Gasteiger partial charge >= 0.3 is 0 Å². The standard InChI is InChI=1S/C16H12Cl3NO/c17-12-7-3-6-11(14(12)19)16(21)20-15-10-5-2-1-4-9(10)8-13(15)18/h1-7,13,15H,8H2,(H,20,21). The average Bonchev–Trinajstić information content (AvgIpc) is 2.78. The second kappa shape index (κ2) is 5.88. The summed E-state index contributed by atoms with van der Waals surface area (Å²) in [6.45, 7) is 0. The first-order valence-corrected chi connectivity index (χ1v) is 7.74. The molecule has 3 rings (SSSR count).